The molecule has 2 rings (SSSR count). The van der Waals surface area contributed by atoms with Crippen LogP contribution < -0.4 is 11.1 Å². The molecule has 0 radical (unpaired) electrons. The second-order valence-electron chi connectivity index (χ2n) is 3.57. The van der Waals surface area contributed by atoms with Gasteiger partial charge in [-0.1, -0.05) is 23.2 Å². The predicted octanol–water partition coefficient (Wildman–Crippen LogP) is 3.95. The average molecular weight is 288 g/mol. The SMILES string of the molecule is Cc1ncsc1CNc1cc(Cl)c(Cl)cc1N. The van der Waals surface area contributed by atoms with Crippen molar-refractivity contribution in [2.24, 2.45) is 0 Å². The highest BCUT2D eigenvalue weighted by Crippen LogP contribution is 2.31. The molecule has 0 amide bonds. The van der Waals surface area contributed by atoms with E-state index in [9.17, 15) is 0 Å². The van der Waals surface area contributed by atoms with Crippen LogP contribution in [0.1, 0.15) is 10.6 Å². The molecule has 0 bridgehead atoms. The van der Waals surface area contributed by atoms with Crippen LogP contribution in [-0.2, 0) is 6.54 Å². The lowest BCUT2D eigenvalue weighted by Gasteiger charge is -2.10. The lowest BCUT2D eigenvalue weighted by molar-refractivity contribution is 1.12. The Hall–Kier alpha value is -0.970. The summed E-state index contributed by atoms with van der Waals surface area (Å²) >= 11 is 13.4. The van der Waals surface area contributed by atoms with E-state index in [-0.39, 0.29) is 0 Å². The minimum absolute atomic E-state index is 0.462. The average Bonchev–Trinajstić information content (AvgIpc) is 2.68. The van der Waals surface area contributed by atoms with Gasteiger partial charge < -0.3 is 11.1 Å². The van der Waals surface area contributed by atoms with Crippen LogP contribution >= 0.6 is 34.5 Å². The fraction of sp³-hybridized carbons (Fsp3) is 0.182. The Kier molecular flexibility index (Phi) is 3.76. The Morgan fingerprint density at radius 3 is 2.71 bits per heavy atom. The summed E-state index contributed by atoms with van der Waals surface area (Å²) in [6.07, 6.45) is 0. The van der Waals surface area contributed by atoms with Crippen LogP contribution in [0.25, 0.3) is 0 Å². The number of hydrogen-bond donors (Lipinski definition) is 2. The quantitative estimate of drug-likeness (QED) is 0.841. The number of nitrogen functional groups attached to an aromatic ring is 1. The molecule has 17 heavy (non-hydrogen) atoms. The van der Waals surface area contributed by atoms with Gasteiger partial charge in [0.1, 0.15) is 0 Å². The molecule has 0 spiro atoms. The first-order valence-electron chi connectivity index (χ1n) is 4.95. The van der Waals surface area contributed by atoms with E-state index < -0.39 is 0 Å². The smallest absolute Gasteiger partial charge is 0.0798 e. The number of thiazole rings is 1. The summed E-state index contributed by atoms with van der Waals surface area (Å²) < 4.78 is 0. The second-order valence-corrected chi connectivity index (χ2v) is 5.32. The molecule has 0 saturated heterocycles. The maximum Gasteiger partial charge on any atom is 0.0798 e. The van der Waals surface area contributed by atoms with Crippen molar-refractivity contribution in [2.45, 2.75) is 13.5 Å². The van der Waals surface area contributed by atoms with Crippen LogP contribution in [0, 0.1) is 6.92 Å². The molecule has 0 aliphatic heterocycles. The summed E-state index contributed by atoms with van der Waals surface area (Å²) in [5.41, 5.74) is 10.1. The number of nitrogens with one attached hydrogen (secondary N) is 1. The Bertz CT molecular complexity index is 540. The van der Waals surface area contributed by atoms with E-state index in [0.29, 0.717) is 22.3 Å². The van der Waals surface area contributed by atoms with E-state index in [2.05, 4.69) is 10.3 Å². The van der Waals surface area contributed by atoms with Crippen molar-refractivity contribution in [3.8, 4) is 0 Å². The van der Waals surface area contributed by atoms with Gasteiger partial charge in [-0.3, -0.25) is 0 Å². The number of anilines is 2. The normalized spacial score (nSPS) is 10.5. The van der Waals surface area contributed by atoms with Crippen molar-refractivity contribution in [3.05, 3.63) is 38.3 Å². The maximum absolute atomic E-state index is 5.94. The zero-order valence-corrected chi connectivity index (χ0v) is 11.5. The first-order valence-corrected chi connectivity index (χ1v) is 6.59. The number of aryl methyl sites for hydroxylation is 1. The van der Waals surface area contributed by atoms with E-state index in [1.165, 1.54) is 4.88 Å². The number of halogens is 2. The summed E-state index contributed by atoms with van der Waals surface area (Å²) in [6.45, 7) is 2.66. The molecule has 0 saturated carbocycles. The highest BCUT2D eigenvalue weighted by molar-refractivity contribution is 7.09. The maximum atomic E-state index is 5.94. The molecule has 3 N–H and O–H groups in total. The molecular weight excluding hydrogens is 277 g/mol. The van der Waals surface area contributed by atoms with Crippen molar-refractivity contribution in [3.63, 3.8) is 0 Å². The second kappa shape index (κ2) is 5.12. The van der Waals surface area contributed by atoms with Crippen molar-refractivity contribution >= 4 is 45.9 Å². The van der Waals surface area contributed by atoms with Crippen LogP contribution in [0.5, 0.6) is 0 Å². The van der Waals surface area contributed by atoms with Gasteiger partial charge in [0, 0.05) is 4.88 Å². The Balaban J connectivity index is 2.14. The summed E-state index contributed by atoms with van der Waals surface area (Å²) in [6, 6.07) is 3.38. The van der Waals surface area contributed by atoms with Gasteiger partial charge >= 0.3 is 0 Å². The molecule has 0 unspecified atom stereocenters. The molecule has 3 nitrogen and oxygen atoms in total. The van der Waals surface area contributed by atoms with Crippen LogP contribution in [0.3, 0.4) is 0 Å². The van der Waals surface area contributed by atoms with Crippen LogP contribution in [0.4, 0.5) is 11.4 Å². The Morgan fingerprint density at radius 1 is 1.35 bits per heavy atom. The van der Waals surface area contributed by atoms with Crippen molar-refractivity contribution in [2.75, 3.05) is 11.1 Å². The summed E-state index contributed by atoms with van der Waals surface area (Å²) in [5.74, 6) is 0. The van der Waals surface area contributed by atoms with Gasteiger partial charge in [0.05, 0.1) is 39.2 Å². The number of nitrogens with two attached hydrogens (primary N) is 1. The van der Waals surface area contributed by atoms with E-state index in [4.69, 9.17) is 28.9 Å². The molecule has 90 valence electrons. The van der Waals surface area contributed by atoms with Gasteiger partial charge in [-0.25, -0.2) is 4.98 Å². The molecule has 0 aliphatic rings. The predicted molar refractivity (Wildman–Crippen MR) is 75.1 cm³/mol. The number of hydrogen-bond acceptors (Lipinski definition) is 4. The summed E-state index contributed by atoms with van der Waals surface area (Å²) in [5, 5.41) is 4.18. The minimum atomic E-state index is 0.462. The number of benzene rings is 1. The first-order chi connectivity index (χ1) is 8.08. The van der Waals surface area contributed by atoms with E-state index >= 15 is 0 Å². The van der Waals surface area contributed by atoms with E-state index in [0.717, 1.165) is 11.4 Å². The third kappa shape index (κ3) is 2.83. The Labute approximate surface area is 114 Å². The number of aromatic nitrogens is 1. The molecular formula is C11H11Cl2N3S. The third-order valence-corrected chi connectivity index (χ3v) is 4.03. The topological polar surface area (TPSA) is 50.9 Å². The van der Waals surface area contributed by atoms with Gasteiger partial charge in [0.15, 0.2) is 0 Å². The molecule has 6 heteroatoms. The van der Waals surface area contributed by atoms with Crippen molar-refractivity contribution in [1.82, 2.24) is 4.98 Å². The summed E-state index contributed by atoms with van der Waals surface area (Å²) in [7, 11) is 0. The van der Waals surface area contributed by atoms with Crippen LogP contribution in [-0.4, -0.2) is 4.98 Å². The molecule has 0 fully saturated rings. The zero-order chi connectivity index (χ0) is 12.4. The van der Waals surface area contributed by atoms with Crippen molar-refractivity contribution < 1.29 is 0 Å². The molecule has 2 aromatic rings. The molecule has 0 aliphatic carbocycles. The highest BCUT2D eigenvalue weighted by Gasteiger charge is 2.06. The molecule has 1 aromatic carbocycles. The number of rotatable bonds is 3. The van der Waals surface area contributed by atoms with Gasteiger partial charge in [0.25, 0.3) is 0 Å². The van der Waals surface area contributed by atoms with Gasteiger partial charge in [-0.15, -0.1) is 11.3 Å². The van der Waals surface area contributed by atoms with Gasteiger partial charge in [0.2, 0.25) is 0 Å². The highest BCUT2D eigenvalue weighted by atomic mass is 35.5. The Morgan fingerprint density at radius 2 is 2.06 bits per heavy atom. The van der Waals surface area contributed by atoms with E-state index in [1.807, 2.05) is 12.4 Å². The zero-order valence-electron chi connectivity index (χ0n) is 9.13. The number of nitrogens with zero attached hydrogens (tertiary/aromatic N) is 1. The lowest BCUT2D eigenvalue weighted by Crippen LogP contribution is -2.02. The standard InChI is InChI=1S/C11H11Cl2N3S/c1-6-11(17-5-16-6)4-15-10-3-8(13)7(12)2-9(10)14/h2-3,5,15H,4,14H2,1H3. The van der Waals surface area contributed by atoms with Crippen LogP contribution in [0.15, 0.2) is 17.6 Å². The minimum Gasteiger partial charge on any atom is -0.397 e. The fourth-order valence-electron chi connectivity index (χ4n) is 1.39. The lowest BCUT2D eigenvalue weighted by atomic mass is 10.2. The largest absolute Gasteiger partial charge is 0.397 e. The monoisotopic (exact) mass is 287 g/mol. The van der Waals surface area contributed by atoms with Gasteiger partial charge in [-0.05, 0) is 19.1 Å². The van der Waals surface area contributed by atoms with Crippen LogP contribution in [0.2, 0.25) is 10.0 Å². The molecule has 1 heterocycles. The fourth-order valence-corrected chi connectivity index (χ4v) is 2.44. The third-order valence-electron chi connectivity index (χ3n) is 2.38. The van der Waals surface area contributed by atoms with Crippen molar-refractivity contribution in [1.29, 1.82) is 0 Å². The van der Waals surface area contributed by atoms with Gasteiger partial charge in [-0.2, -0.15) is 0 Å². The molecule has 0 atom stereocenters. The summed E-state index contributed by atoms with van der Waals surface area (Å²) in [4.78, 5) is 5.36. The van der Waals surface area contributed by atoms with E-state index in [1.54, 1.807) is 23.5 Å². The first kappa shape index (κ1) is 12.5. The molecule has 1 aromatic heterocycles.